The van der Waals surface area contributed by atoms with Crippen LogP contribution in [0.2, 0.25) is 0 Å². The van der Waals surface area contributed by atoms with Gasteiger partial charge in [-0.2, -0.15) is 0 Å². The molecule has 267 valence electrons. The molecule has 1 N–H and O–H groups in total. The summed E-state index contributed by atoms with van der Waals surface area (Å²) in [5, 5.41) is 12.8. The Balaban J connectivity index is 1.12. The Kier molecular flexibility index (Phi) is 6.32. The molecule has 0 unspecified atom stereocenters. The predicted molar refractivity (Wildman–Crippen MR) is 257 cm³/mol. The predicted octanol–water partition coefficient (Wildman–Crippen LogP) is 14.7. The normalized spacial score (nSPS) is 12.9. The van der Waals surface area contributed by atoms with Gasteiger partial charge in [0.25, 0.3) is 0 Å². The summed E-state index contributed by atoms with van der Waals surface area (Å²) in [5.41, 5.74) is 10.9. The third kappa shape index (κ3) is 4.32. The number of benzene rings is 9. The van der Waals surface area contributed by atoms with Crippen LogP contribution in [0.3, 0.4) is 0 Å². The second kappa shape index (κ2) is 11.6. The van der Waals surface area contributed by atoms with Crippen LogP contribution in [0.1, 0.15) is 0 Å². The first-order valence-electron chi connectivity index (χ1n) is 19.7. The van der Waals surface area contributed by atoms with Crippen molar-refractivity contribution in [1.82, 2.24) is 4.98 Å². The Morgan fingerprint density at radius 2 is 1.05 bits per heavy atom. The van der Waals surface area contributed by atoms with Crippen molar-refractivity contribution in [2.75, 3.05) is 4.90 Å². The van der Waals surface area contributed by atoms with Gasteiger partial charge in [-0.25, -0.2) is 0 Å². The van der Waals surface area contributed by atoms with E-state index >= 15 is 0 Å². The van der Waals surface area contributed by atoms with Crippen molar-refractivity contribution in [2.24, 2.45) is 0 Å². The van der Waals surface area contributed by atoms with Crippen LogP contribution in [-0.2, 0) is 0 Å². The number of aromatic amines is 1. The number of para-hydroxylation sites is 1. The lowest BCUT2D eigenvalue weighted by atomic mass is 9.58. The molecule has 2 nitrogen and oxygen atoms in total. The zero-order valence-corrected chi connectivity index (χ0v) is 33.3. The lowest BCUT2D eigenvalue weighted by Crippen LogP contribution is -2.41. The first-order chi connectivity index (χ1) is 28.7. The molecule has 0 atom stereocenters. The lowest BCUT2D eigenvalue weighted by molar-refractivity contribution is 1.32. The molecule has 4 aromatic heterocycles. The Morgan fingerprint density at radius 3 is 1.84 bits per heavy atom. The van der Waals surface area contributed by atoms with Crippen molar-refractivity contribution in [3.8, 4) is 11.1 Å². The molecule has 1 radical (unpaired) electrons. The smallest absolute Gasteiger partial charge is 0.198 e. The first kappa shape index (κ1) is 31.6. The molecule has 0 fully saturated rings. The van der Waals surface area contributed by atoms with E-state index in [1.807, 2.05) is 34.0 Å². The molecule has 0 saturated carbocycles. The maximum atomic E-state index is 3.96. The maximum absolute atomic E-state index is 3.96. The molecule has 14 rings (SSSR count). The first-order valence-corrected chi connectivity index (χ1v) is 22.1. The van der Waals surface area contributed by atoms with E-state index in [9.17, 15) is 0 Å². The van der Waals surface area contributed by atoms with Crippen molar-refractivity contribution in [3.05, 3.63) is 164 Å². The number of thiophene rings is 3. The number of aromatic nitrogens is 1. The maximum Gasteiger partial charge on any atom is 0.198 e. The van der Waals surface area contributed by atoms with Crippen LogP contribution in [0.4, 0.5) is 17.1 Å². The summed E-state index contributed by atoms with van der Waals surface area (Å²) < 4.78 is 7.89. The van der Waals surface area contributed by atoms with Gasteiger partial charge >= 0.3 is 0 Å². The van der Waals surface area contributed by atoms with E-state index in [1.165, 1.54) is 127 Å². The van der Waals surface area contributed by atoms with Crippen LogP contribution in [0.5, 0.6) is 0 Å². The topological polar surface area (TPSA) is 19.0 Å². The molecule has 0 spiro atoms. The van der Waals surface area contributed by atoms with Crippen molar-refractivity contribution in [2.45, 2.75) is 0 Å². The fourth-order valence-corrected chi connectivity index (χ4v) is 13.3. The van der Waals surface area contributed by atoms with E-state index in [4.69, 9.17) is 0 Å². The van der Waals surface area contributed by atoms with Gasteiger partial charge in [0.1, 0.15) is 0 Å². The van der Waals surface area contributed by atoms with Crippen LogP contribution in [-0.4, -0.2) is 12.3 Å². The molecule has 0 bridgehead atoms. The number of rotatable bonds is 2. The number of hydrogen-bond acceptors (Lipinski definition) is 4. The summed E-state index contributed by atoms with van der Waals surface area (Å²) in [5.74, 6) is 0. The minimum atomic E-state index is 1.16. The van der Waals surface area contributed by atoms with Crippen LogP contribution >= 0.6 is 34.0 Å². The van der Waals surface area contributed by atoms with E-state index in [-0.39, 0.29) is 0 Å². The van der Waals surface area contributed by atoms with Crippen molar-refractivity contribution in [1.29, 1.82) is 0 Å². The van der Waals surface area contributed by atoms with Crippen LogP contribution in [0.15, 0.2) is 164 Å². The quantitative estimate of drug-likeness (QED) is 0.173. The van der Waals surface area contributed by atoms with Gasteiger partial charge in [-0.3, -0.25) is 0 Å². The summed E-state index contributed by atoms with van der Waals surface area (Å²) in [7, 11) is 2.48. The van der Waals surface area contributed by atoms with Crippen molar-refractivity contribution >= 4 is 162 Å². The molecule has 58 heavy (non-hydrogen) atoms. The lowest BCUT2D eigenvalue weighted by Gasteiger charge is -2.35. The van der Waals surface area contributed by atoms with E-state index in [0.717, 1.165) is 5.52 Å². The van der Waals surface area contributed by atoms with Gasteiger partial charge in [0.2, 0.25) is 0 Å². The molecule has 0 amide bonds. The fraction of sp³-hybridized carbons (Fsp3) is 0. The largest absolute Gasteiger partial charge is 0.354 e. The highest BCUT2D eigenvalue weighted by atomic mass is 32.1. The van der Waals surface area contributed by atoms with E-state index < -0.39 is 0 Å². The van der Waals surface area contributed by atoms with E-state index in [2.05, 4.69) is 181 Å². The molecule has 0 aliphatic carbocycles. The standard InChI is InChI=1S/C52H28BN2S3/c1-2-11-29-23-41-36(22-28(29)10-1)34-15-9-16-35(51(34)54-41)49-50-43(26-39-33-14-5-8-19-46(33)58-52(39)49)55(30-20-21-47-37(24-30)31-12-3-6-17-44(31)56-47)42-25-38-32-13-4-7-18-45(32)57-48(38)27-40(42)53-50/h1-27,54H. The third-order valence-corrected chi connectivity index (χ3v) is 15.9. The zero-order chi connectivity index (χ0) is 37.6. The minimum Gasteiger partial charge on any atom is -0.354 e. The molecular formula is C52H28BN2S3. The SMILES string of the molecule is [B]1c2cc3sc4ccccc4c3cc2N(c2ccc3sc4ccccc4c3c2)c2cc3c(sc4ccccc43)c(-c3cccc4c3[nH]c3cc5ccccc5cc34)c21. The number of nitrogens with one attached hydrogen (secondary N) is 1. The highest BCUT2D eigenvalue weighted by Crippen LogP contribution is 2.49. The zero-order valence-electron chi connectivity index (χ0n) is 30.8. The number of nitrogens with zero attached hydrogens (tertiary/aromatic N) is 1. The van der Waals surface area contributed by atoms with Gasteiger partial charge in [0.05, 0.1) is 5.52 Å². The summed E-state index contributed by atoms with van der Waals surface area (Å²) in [6.07, 6.45) is 0. The van der Waals surface area contributed by atoms with Crippen LogP contribution in [0, 0.1) is 0 Å². The van der Waals surface area contributed by atoms with Gasteiger partial charge < -0.3 is 9.88 Å². The van der Waals surface area contributed by atoms with Crippen LogP contribution in [0.25, 0.3) is 104 Å². The molecule has 0 saturated heterocycles. The van der Waals surface area contributed by atoms with Gasteiger partial charge in [-0.05, 0) is 88.5 Å². The van der Waals surface area contributed by atoms with Crippen molar-refractivity contribution in [3.63, 3.8) is 0 Å². The van der Waals surface area contributed by atoms with Gasteiger partial charge in [-0.1, -0.05) is 103 Å². The van der Waals surface area contributed by atoms with E-state index in [1.54, 1.807) is 0 Å². The van der Waals surface area contributed by atoms with Gasteiger partial charge in [0.15, 0.2) is 7.28 Å². The third-order valence-electron chi connectivity index (χ3n) is 12.4. The summed E-state index contributed by atoms with van der Waals surface area (Å²) in [6.45, 7) is 0. The fourth-order valence-electron chi connectivity index (χ4n) is 9.78. The molecule has 1 aliphatic heterocycles. The summed E-state index contributed by atoms with van der Waals surface area (Å²) >= 11 is 5.68. The number of H-pyrrole nitrogens is 1. The number of fused-ring (bicyclic) bond motifs is 15. The second-order valence-corrected chi connectivity index (χ2v) is 18.7. The Morgan fingerprint density at radius 1 is 0.431 bits per heavy atom. The van der Waals surface area contributed by atoms with Crippen molar-refractivity contribution < 1.29 is 0 Å². The number of anilines is 3. The molecule has 9 aromatic carbocycles. The summed E-state index contributed by atoms with van der Waals surface area (Å²) in [6, 6.07) is 61.3. The summed E-state index contributed by atoms with van der Waals surface area (Å²) in [4.78, 5) is 6.52. The van der Waals surface area contributed by atoms with Crippen LogP contribution < -0.4 is 15.8 Å². The second-order valence-electron chi connectivity index (χ2n) is 15.5. The highest BCUT2D eigenvalue weighted by molar-refractivity contribution is 7.27. The Hall–Kier alpha value is -6.44. The van der Waals surface area contributed by atoms with E-state index in [0.29, 0.717) is 0 Å². The number of hydrogen-bond donors (Lipinski definition) is 1. The molecule has 6 heteroatoms. The molecule has 5 heterocycles. The molecule has 1 aliphatic rings. The monoisotopic (exact) mass is 787 g/mol. The molecular weight excluding hydrogens is 760 g/mol. The Labute approximate surface area is 345 Å². The molecule has 13 aromatic rings. The average Bonchev–Trinajstić information content (AvgIpc) is 4.03. The minimum absolute atomic E-state index is 1.16. The van der Waals surface area contributed by atoms with Gasteiger partial charge in [-0.15, -0.1) is 34.0 Å². The Bertz CT molecular complexity index is 3920. The van der Waals surface area contributed by atoms with Gasteiger partial charge in [0, 0.05) is 99.4 Å². The highest BCUT2D eigenvalue weighted by Gasteiger charge is 2.32. The average molecular weight is 788 g/mol.